The second-order valence-corrected chi connectivity index (χ2v) is 8.50. The Morgan fingerprint density at radius 3 is 2.31 bits per heavy atom. The van der Waals surface area contributed by atoms with Gasteiger partial charge in [0, 0.05) is 23.1 Å². The highest BCUT2D eigenvalue weighted by Crippen LogP contribution is 2.39. The van der Waals surface area contributed by atoms with Gasteiger partial charge < -0.3 is 14.4 Å². The summed E-state index contributed by atoms with van der Waals surface area (Å²) in [6.45, 7) is 6.34. The molecular weight excluding hydrogens is 377 g/mol. The molecule has 0 radical (unpaired) electrons. The van der Waals surface area contributed by atoms with E-state index in [2.05, 4.69) is 0 Å². The maximum absolute atomic E-state index is 12.6. The van der Waals surface area contributed by atoms with Gasteiger partial charge in [-0.05, 0) is 57.7 Å². The summed E-state index contributed by atoms with van der Waals surface area (Å²) in [4.78, 5) is 26.5. The van der Waals surface area contributed by atoms with E-state index in [9.17, 15) is 9.59 Å². The molecular formula is C19H25Cl2NO4. The average molecular weight is 402 g/mol. The fourth-order valence-corrected chi connectivity index (χ4v) is 3.62. The van der Waals surface area contributed by atoms with Crippen molar-refractivity contribution < 1.29 is 19.1 Å². The number of rotatable bonds is 3. The summed E-state index contributed by atoms with van der Waals surface area (Å²) < 4.78 is 10.5. The molecule has 26 heavy (non-hydrogen) atoms. The Balaban J connectivity index is 2.15. The zero-order valence-corrected chi connectivity index (χ0v) is 17.1. The largest absolute Gasteiger partial charge is 0.469 e. The molecule has 1 aliphatic heterocycles. The van der Waals surface area contributed by atoms with Crippen molar-refractivity contribution in [2.75, 3.05) is 20.2 Å². The van der Waals surface area contributed by atoms with Gasteiger partial charge in [-0.25, -0.2) is 4.79 Å². The molecule has 2 rings (SSSR count). The number of esters is 1. The summed E-state index contributed by atoms with van der Waals surface area (Å²) in [6, 6.07) is 5.25. The number of amides is 1. The Labute approximate surface area is 164 Å². The van der Waals surface area contributed by atoms with Crippen LogP contribution in [0.15, 0.2) is 18.2 Å². The van der Waals surface area contributed by atoms with Gasteiger partial charge in [-0.2, -0.15) is 0 Å². The number of hydrogen-bond acceptors (Lipinski definition) is 4. The third kappa shape index (κ3) is 5.04. The molecule has 0 saturated carbocycles. The lowest BCUT2D eigenvalue weighted by Gasteiger charge is -2.40. The van der Waals surface area contributed by atoms with Crippen LogP contribution < -0.4 is 0 Å². The van der Waals surface area contributed by atoms with Gasteiger partial charge in [0.05, 0.1) is 12.5 Å². The Morgan fingerprint density at radius 2 is 1.81 bits per heavy atom. The van der Waals surface area contributed by atoms with E-state index in [4.69, 9.17) is 32.7 Å². The van der Waals surface area contributed by atoms with E-state index in [0.29, 0.717) is 42.4 Å². The Hall–Kier alpha value is -1.46. The number of methoxy groups -OCH3 is 1. The van der Waals surface area contributed by atoms with Crippen molar-refractivity contribution in [3.8, 4) is 0 Å². The molecule has 7 heteroatoms. The summed E-state index contributed by atoms with van der Waals surface area (Å²) in [7, 11) is 1.38. The molecule has 1 saturated heterocycles. The summed E-state index contributed by atoms with van der Waals surface area (Å²) in [5.74, 6) is -0.285. The fourth-order valence-electron chi connectivity index (χ4n) is 3.14. The number of hydrogen-bond donors (Lipinski definition) is 0. The van der Waals surface area contributed by atoms with Crippen LogP contribution in [0.5, 0.6) is 0 Å². The van der Waals surface area contributed by atoms with Crippen LogP contribution in [0.3, 0.4) is 0 Å². The molecule has 5 nitrogen and oxygen atoms in total. The Morgan fingerprint density at radius 1 is 1.19 bits per heavy atom. The molecule has 0 aromatic heterocycles. The van der Waals surface area contributed by atoms with E-state index in [0.717, 1.165) is 5.56 Å². The SMILES string of the molecule is COC(=O)C1(Cc2ccc(Cl)cc2Cl)CCN(C(=O)OC(C)(C)C)CC1. The summed E-state index contributed by atoms with van der Waals surface area (Å²) in [5.41, 5.74) is -0.428. The van der Waals surface area contributed by atoms with Gasteiger partial charge in [0.15, 0.2) is 0 Å². The standard InChI is InChI=1S/C19H25Cl2NO4/c1-18(2,3)26-17(24)22-9-7-19(8-10-22,16(23)25-4)12-13-5-6-14(20)11-15(13)21/h5-6,11H,7-10,12H2,1-4H3. The fraction of sp³-hybridized carbons (Fsp3) is 0.579. The second-order valence-electron chi connectivity index (χ2n) is 7.65. The van der Waals surface area contributed by atoms with Crippen LogP contribution in [-0.2, 0) is 20.7 Å². The molecule has 0 spiro atoms. The first kappa shape index (κ1) is 20.8. The summed E-state index contributed by atoms with van der Waals surface area (Å²) in [5, 5.41) is 1.07. The number of nitrogens with zero attached hydrogens (tertiary/aromatic N) is 1. The Kier molecular flexibility index (Phi) is 6.46. The highest BCUT2D eigenvalue weighted by Gasteiger charge is 2.44. The van der Waals surface area contributed by atoms with Gasteiger partial charge >= 0.3 is 12.1 Å². The minimum atomic E-state index is -0.718. The van der Waals surface area contributed by atoms with Crippen LogP contribution in [0, 0.1) is 5.41 Å². The normalized spacial score (nSPS) is 16.9. The number of carbonyl (C=O) groups excluding carboxylic acids is 2. The van der Waals surface area contributed by atoms with Crippen LogP contribution in [0.1, 0.15) is 39.2 Å². The minimum Gasteiger partial charge on any atom is -0.469 e. The second kappa shape index (κ2) is 8.05. The topological polar surface area (TPSA) is 55.8 Å². The molecule has 144 valence electrons. The molecule has 1 fully saturated rings. The van der Waals surface area contributed by atoms with Crippen molar-refractivity contribution >= 4 is 35.3 Å². The molecule has 1 amide bonds. The maximum atomic E-state index is 12.6. The summed E-state index contributed by atoms with van der Waals surface area (Å²) in [6.07, 6.45) is 1.05. The van der Waals surface area contributed by atoms with E-state index in [1.165, 1.54) is 7.11 Å². The van der Waals surface area contributed by atoms with Gasteiger partial charge in [-0.15, -0.1) is 0 Å². The van der Waals surface area contributed by atoms with Crippen molar-refractivity contribution in [3.05, 3.63) is 33.8 Å². The predicted octanol–water partition coefficient (Wildman–Crippen LogP) is 4.73. The lowest BCUT2D eigenvalue weighted by molar-refractivity contribution is -0.155. The molecule has 0 atom stereocenters. The highest BCUT2D eigenvalue weighted by molar-refractivity contribution is 6.35. The highest BCUT2D eigenvalue weighted by atomic mass is 35.5. The number of halogens is 2. The van der Waals surface area contributed by atoms with Crippen LogP contribution in [0.2, 0.25) is 10.0 Å². The lowest BCUT2D eigenvalue weighted by Crippen LogP contribution is -2.49. The van der Waals surface area contributed by atoms with Crippen molar-refractivity contribution in [1.29, 1.82) is 0 Å². The van der Waals surface area contributed by atoms with Crippen molar-refractivity contribution in [2.24, 2.45) is 5.41 Å². The van der Waals surface area contributed by atoms with E-state index in [1.54, 1.807) is 17.0 Å². The van der Waals surface area contributed by atoms with Gasteiger partial charge in [0.25, 0.3) is 0 Å². The average Bonchev–Trinajstić information content (AvgIpc) is 2.55. The quantitative estimate of drug-likeness (QED) is 0.687. The van der Waals surface area contributed by atoms with Crippen LogP contribution in [-0.4, -0.2) is 42.8 Å². The number of benzene rings is 1. The zero-order chi connectivity index (χ0) is 19.5. The van der Waals surface area contributed by atoms with E-state index >= 15 is 0 Å². The molecule has 0 aliphatic carbocycles. The minimum absolute atomic E-state index is 0.285. The number of piperidine rings is 1. The van der Waals surface area contributed by atoms with Crippen molar-refractivity contribution in [2.45, 2.75) is 45.6 Å². The molecule has 0 bridgehead atoms. The molecule has 1 heterocycles. The first-order valence-electron chi connectivity index (χ1n) is 8.57. The van der Waals surface area contributed by atoms with Crippen LogP contribution >= 0.6 is 23.2 Å². The molecule has 1 aromatic rings. The number of ether oxygens (including phenoxy) is 2. The van der Waals surface area contributed by atoms with Crippen molar-refractivity contribution in [3.63, 3.8) is 0 Å². The van der Waals surface area contributed by atoms with Gasteiger partial charge in [-0.3, -0.25) is 4.79 Å². The number of likely N-dealkylation sites (tertiary alicyclic amines) is 1. The number of carbonyl (C=O) groups is 2. The smallest absolute Gasteiger partial charge is 0.410 e. The lowest BCUT2D eigenvalue weighted by atomic mass is 9.74. The van der Waals surface area contributed by atoms with Crippen molar-refractivity contribution in [1.82, 2.24) is 4.90 Å². The molecule has 1 aliphatic rings. The first-order valence-corrected chi connectivity index (χ1v) is 9.32. The van der Waals surface area contributed by atoms with E-state index in [-0.39, 0.29) is 12.1 Å². The third-order valence-corrected chi connectivity index (χ3v) is 5.12. The van der Waals surface area contributed by atoms with Crippen LogP contribution in [0.25, 0.3) is 0 Å². The maximum Gasteiger partial charge on any atom is 0.410 e. The Bertz CT molecular complexity index is 677. The molecule has 1 aromatic carbocycles. The van der Waals surface area contributed by atoms with Gasteiger partial charge in [0.1, 0.15) is 5.60 Å². The summed E-state index contributed by atoms with van der Waals surface area (Å²) >= 11 is 12.2. The monoisotopic (exact) mass is 401 g/mol. The third-order valence-electron chi connectivity index (χ3n) is 4.53. The van der Waals surface area contributed by atoms with Gasteiger partial charge in [-0.1, -0.05) is 29.3 Å². The van der Waals surface area contributed by atoms with E-state index in [1.807, 2.05) is 26.8 Å². The van der Waals surface area contributed by atoms with E-state index < -0.39 is 11.0 Å². The molecule has 0 unspecified atom stereocenters. The zero-order valence-electron chi connectivity index (χ0n) is 15.6. The first-order chi connectivity index (χ1) is 12.1. The molecule has 0 N–H and O–H groups in total. The van der Waals surface area contributed by atoms with Crippen LogP contribution in [0.4, 0.5) is 4.79 Å². The predicted molar refractivity (Wildman–Crippen MR) is 102 cm³/mol. The van der Waals surface area contributed by atoms with Gasteiger partial charge in [0.2, 0.25) is 0 Å².